The first-order chi connectivity index (χ1) is 10.5. The van der Waals surface area contributed by atoms with Gasteiger partial charge >= 0.3 is 0 Å². The number of aliphatic hydroxyl groups excluding tert-OH is 1. The van der Waals surface area contributed by atoms with Gasteiger partial charge in [0.1, 0.15) is 0 Å². The Bertz CT molecular complexity index is 560. The van der Waals surface area contributed by atoms with Crippen LogP contribution in [0.25, 0.3) is 0 Å². The molecule has 2 heteroatoms. The van der Waals surface area contributed by atoms with Crippen LogP contribution in [0.15, 0.2) is 24.0 Å². The summed E-state index contributed by atoms with van der Waals surface area (Å²) in [6, 6.07) is 0. The average Bonchev–Trinajstić information content (AvgIpc) is 2.78. The number of allylic oxidation sites excluding steroid dienone is 3. The van der Waals surface area contributed by atoms with Gasteiger partial charge in [-0.15, -0.1) is 0 Å². The Morgan fingerprint density at radius 2 is 2.00 bits per heavy atom. The summed E-state index contributed by atoms with van der Waals surface area (Å²) in [6.07, 6.45) is 14.0. The minimum atomic E-state index is -0.205. The number of ketones is 1. The van der Waals surface area contributed by atoms with Crippen molar-refractivity contribution in [3.63, 3.8) is 0 Å². The summed E-state index contributed by atoms with van der Waals surface area (Å²) in [7, 11) is 0. The van der Waals surface area contributed by atoms with Crippen molar-refractivity contribution in [1.82, 2.24) is 0 Å². The molecule has 1 N–H and O–H groups in total. The van der Waals surface area contributed by atoms with Gasteiger partial charge in [0.15, 0.2) is 5.78 Å². The van der Waals surface area contributed by atoms with E-state index in [2.05, 4.69) is 26.0 Å². The van der Waals surface area contributed by atoms with Gasteiger partial charge in [0.25, 0.3) is 0 Å². The van der Waals surface area contributed by atoms with E-state index in [1.54, 1.807) is 0 Å². The number of hydrogen-bond acceptors (Lipinski definition) is 2. The third kappa shape index (κ3) is 1.70. The molecule has 0 aromatic carbocycles. The predicted molar refractivity (Wildman–Crippen MR) is 87.4 cm³/mol. The van der Waals surface area contributed by atoms with Gasteiger partial charge in [-0.05, 0) is 74.0 Å². The van der Waals surface area contributed by atoms with Crippen molar-refractivity contribution in [1.29, 1.82) is 0 Å². The largest absolute Gasteiger partial charge is 0.515 e. The monoisotopic (exact) mass is 300 g/mol. The van der Waals surface area contributed by atoms with E-state index in [9.17, 15) is 9.90 Å². The number of aliphatic hydroxyl groups is 1. The third-order valence-electron chi connectivity index (χ3n) is 8.01. The SMILES string of the molecule is C[C@]12CC=CC[C@@H]1CC[C@@H]1[C@@H]2CC[C@]2(C)C(=O)C(=CO)C[C@@H]12. The molecular formula is C20H28O2. The summed E-state index contributed by atoms with van der Waals surface area (Å²) in [5.41, 5.74) is 0.918. The average molecular weight is 300 g/mol. The fourth-order valence-corrected chi connectivity index (χ4v) is 6.62. The maximum Gasteiger partial charge on any atom is 0.168 e. The van der Waals surface area contributed by atoms with Gasteiger partial charge in [-0.2, -0.15) is 0 Å². The topological polar surface area (TPSA) is 37.3 Å². The first kappa shape index (κ1) is 14.5. The molecule has 4 aliphatic carbocycles. The van der Waals surface area contributed by atoms with Gasteiger partial charge in [0.2, 0.25) is 0 Å². The van der Waals surface area contributed by atoms with Crippen LogP contribution in [0.2, 0.25) is 0 Å². The first-order valence-corrected chi connectivity index (χ1v) is 9.04. The zero-order valence-electron chi connectivity index (χ0n) is 13.8. The van der Waals surface area contributed by atoms with Gasteiger partial charge in [-0.25, -0.2) is 0 Å². The Hall–Kier alpha value is -1.05. The minimum Gasteiger partial charge on any atom is -0.515 e. The highest BCUT2D eigenvalue weighted by atomic mass is 16.2. The van der Waals surface area contributed by atoms with E-state index >= 15 is 0 Å². The highest BCUT2D eigenvalue weighted by molar-refractivity contribution is 6.02. The molecule has 4 rings (SSSR count). The van der Waals surface area contributed by atoms with Crippen molar-refractivity contribution in [3.05, 3.63) is 24.0 Å². The fourth-order valence-electron chi connectivity index (χ4n) is 6.62. The normalized spacial score (nSPS) is 52.3. The zero-order valence-corrected chi connectivity index (χ0v) is 13.8. The quantitative estimate of drug-likeness (QED) is 0.396. The van der Waals surface area contributed by atoms with E-state index in [4.69, 9.17) is 0 Å². The molecular weight excluding hydrogens is 272 g/mol. The second kappa shape index (κ2) is 4.72. The van der Waals surface area contributed by atoms with Crippen LogP contribution in [-0.2, 0) is 4.79 Å². The molecule has 0 aliphatic heterocycles. The highest BCUT2D eigenvalue weighted by Crippen LogP contribution is 2.65. The van der Waals surface area contributed by atoms with Gasteiger partial charge in [-0.1, -0.05) is 26.0 Å². The predicted octanol–water partition coefficient (Wildman–Crippen LogP) is 4.82. The van der Waals surface area contributed by atoms with E-state index in [1.165, 1.54) is 32.1 Å². The third-order valence-corrected chi connectivity index (χ3v) is 8.01. The number of Topliss-reactive ketones (excluding diaryl/α,β-unsaturated/α-hetero) is 1. The Labute approximate surface area is 133 Å². The zero-order chi connectivity index (χ0) is 15.5. The molecule has 0 amide bonds. The molecule has 22 heavy (non-hydrogen) atoms. The molecule has 0 heterocycles. The summed E-state index contributed by atoms with van der Waals surface area (Å²) < 4.78 is 0. The molecule has 4 aliphatic rings. The summed E-state index contributed by atoms with van der Waals surface area (Å²) in [4.78, 5) is 12.7. The maximum atomic E-state index is 12.7. The number of rotatable bonds is 0. The molecule has 0 aromatic heterocycles. The van der Waals surface area contributed by atoms with E-state index in [0.29, 0.717) is 22.8 Å². The summed E-state index contributed by atoms with van der Waals surface area (Å²) in [5.74, 6) is 2.97. The smallest absolute Gasteiger partial charge is 0.168 e. The lowest BCUT2D eigenvalue weighted by Gasteiger charge is -2.58. The number of carbonyl (C=O) groups excluding carboxylic acids is 1. The van der Waals surface area contributed by atoms with Crippen LogP contribution in [0.5, 0.6) is 0 Å². The van der Waals surface area contributed by atoms with Crippen LogP contribution in [0.4, 0.5) is 0 Å². The Morgan fingerprint density at radius 3 is 2.77 bits per heavy atom. The van der Waals surface area contributed by atoms with Crippen LogP contribution in [0, 0.1) is 34.5 Å². The highest BCUT2D eigenvalue weighted by Gasteiger charge is 2.60. The molecule has 120 valence electrons. The second-order valence-corrected chi connectivity index (χ2v) is 8.71. The summed E-state index contributed by atoms with van der Waals surface area (Å²) in [6.45, 7) is 4.68. The lowest BCUT2D eigenvalue weighted by Crippen LogP contribution is -2.52. The number of hydrogen-bond donors (Lipinski definition) is 1. The van der Waals surface area contributed by atoms with Gasteiger partial charge in [-0.3, -0.25) is 4.79 Å². The number of carbonyl (C=O) groups is 1. The lowest BCUT2D eigenvalue weighted by molar-refractivity contribution is -0.134. The van der Waals surface area contributed by atoms with Crippen molar-refractivity contribution in [3.8, 4) is 0 Å². The molecule has 0 bridgehead atoms. The summed E-state index contributed by atoms with van der Waals surface area (Å²) >= 11 is 0. The van der Waals surface area contributed by atoms with E-state index in [-0.39, 0.29) is 11.2 Å². The Balaban J connectivity index is 1.70. The molecule has 0 radical (unpaired) electrons. The number of fused-ring (bicyclic) bond motifs is 5. The lowest BCUT2D eigenvalue weighted by atomic mass is 9.46. The van der Waals surface area contributed by atoms with Crippen molar-refractivity contribution in [2.24, 2.45) is 34.5 Å². The van der Waals surface area contributed by atoms with Crippen molar-refractivity contribution in [2.75, 3.05) is 0 Å². The molecule has 3 fully saturated rings. The summed E-state index contributed by atoms with van der Waals surface area (Å²) in [5, 5.41) is 9.44. The first-order valence-electron chi connectivity index (χ1n) is 9.04. The van der Waals surface area contributed by atoms with E-state index in [1.807, 2.05) is 0 Å². The molecule has 0 aromatic rings. The molecule has 6 atom stereocenters. The second-order valence-electron chi connectivity index (χ2n) is 8.71. The maximum absolute atomic E-state index is 12.7. The van der Waals surface area contributed by atoms with Crippen molar-refractivity contribution < 1.29 is 9.90 Å². The molecule has 0 spiro atoms. The molecule has 3 saturated carbocycles. The van der Waals surface area contributed by atoms with Crippen LogP contribution < -0.4 is 0 Å². The molecule has 0 unspecified atom stereocenters. The Kier molecular flexibility index (Phi) is 3.12. The van der Waals surface area contributed by atoms with Crippen molar-refractivity contribution in [2.45, 2.75) is 58.8 Å². The van der Waals surface area contributed by atoms with Gasteiger partial charge < -0.3 is 5.11 Å². The van der Waals surface area contributed by atoms with Crippen LogP contribution >= 0.6 is 0 Å². The fraction of sp³-hybridized carbons (Fsp3) is 0.750. The van der Waals surface area contributed by atoms with Crippen LogP contribution in [0.1, 0.15) is 58.8 Å². The Morgan fingerprint density at radius 1 is 1.18 bits per heavy atom. The molecule has 2 nitrogen and oxygen atoms in total. The molecule has 0 saturated heterocycles. The van der Waals surface area contributed by atoms with Gasteiger partial charge in [0, 0.05) is 11.0 Å². The van der Waals surface area contributed by atoms with Crippen LogP contribution in [0.3, 0.4) is 0 Å². The van der Waals surface area contributed by atoms with Crippen LogP contribution in [-0.4, -0.2) is 10.9 Å². The van der Waals surface area contributed by atoms with E-state index < -0.39 is 0 Å². The minimum absolute atomic E-state index is 0.205. The standard InChI is InChI=1S/C20H28O2/c1-19-9-4-3-5-14(19)6-7-15-16(19)8-10-20(2)17(15)11-13(12-21)18(20)22/h3-4,12,14-17,21H,5-11H2,1-2H3/t14-,15-,16+,17+,19+,20+/m1/s1. The van der Waals surface area contributed by atoms with Crippen molar-refractivity contribution >= 4 is 5.78 Å². The van der Waals surface area contributed by atoms with Gasteiger partial charge in [0.05, 0.1) is 6.26 Å². The van der Waals surface area contributed by atoms with E-state index in [0.717, 1.165) is 30.9 Å².